The van der Waals surface area contributed by atoms with E-state index in [1.54, 1.807) is 0 Å². The largest absolute Gasteiger partial charge is 0.489 e. The fourth-order valence-electron chi connectivity index (χ4n) is 2.59. The average molecular weight is 300 g/mol. The molecule has 3 heteroatoms. The minimum absolute atomic E-state index is 0.549. The number of rotatable bonds is 4. The van der Waals surface area contributed by atoms with Crippen molar-refractivity contribution < 1.29 is 4.74 Å². The monoisotopic (exact) mass is 299 g/mol. The molecule has 0 bridgehead atoms. The SMILES string of the molecule is CCn1cc(COc2cccc(C)c2)c2cc(Cl)ccc21. The molecule has 108 valence electrons. The highest BCUT2D eigenvalue weighted by Crippen LogP contribution is 2.26. The van der Waals surface area contributed by atoms with E-state index in [1.165, 1.54) is 11.1 Å². The van der Waals surface area contributed by atoms with Gasteiger partial charge in [0.2, 0.25) is 0 Å². The van der Waals surface area contributed by atoms with Gasteiger partial charge in [-0.25, -0.2) is 0 Å². The number of benzene rings is 2. The van der Waals surface area contributed by atoms with Crippen LogP contribution in [-0.4, -0.2) is 4.57 Å². The topological polar surface area (TPSA) is 14.2 Å². The van der Waals surface area contributed by atoms with E-state index in [1.807, 2.05) is 30.3 Å². The molecule has 21 heavy (non-hydrogen) atoms. The summed E-state index contributed by atoms with van der Waals surface area (Å²) >= 11 is 6.13. The highest BCUT2D eigenvalue weighted by atomic mass is 35.5. The summed E-state index contributed by atoms with van der Waals surface area (Å²) in [5.41, 5.74) is 3.56. The maximum atomic E-state index is 6.13. The number of aryl methyl sites for hydroxylation is 2. The van der Waals surface area contributed by atoms with Gasteiger partial charge in [0.1, 0.15) is 12.4 Å². The Kier molecular flexibility index (Phi) is 3.89. The number of aromatic nitrogens is 1. The second kappa shape index (κ2) is 5.82. The average Bonchev–Trinajstić information content (AvgIpc) is 2.82. The molecule has 1 heterocycles. The summed E-state index contributed by atoms with van der Waals surface area (Å²) < 4.78 is 8.15. The fraction of sp³-hybridized carbons (Fsp3) is 0.222. The van der Waals surface area contributed by atoms with Crippen LogP contribution in [0.15, 0.2) is 48.7 Å². The van der Waals surface area contributed by atoms with E-state index in [4.69, 9.17) is 16.3 Å². The summed E-state index contributed by atoms with van der Waals surface area (Å²) in [6.07, 6.45) is 2.15. The molecule has 3 aromatic rings. The maximum Gasteiger partial charge on any atom is 0.120 e. The molecule has 0 fully saturated rings. The summed E-state index contributed by atoms with van der Waals surface area (Å²) in [6, 6.07) is 14.1. The molecule has 0 spiro atoms. The van der Waals surface area contributed by atoms with Gasteiger partial charge in [-0.3, -0.25) is 0 Å². The van der Waals surface area contributed by atoms with E-state index in [-0.39, 0.29) is 0 Å². The standard InChI is InChI=1S/C18H18ClNO/c1-3-20-11-14(17-10-15(19)7-8-18(17)20)12-21-16-6-4-5-13(2)9-16/h4-11H,3,12H2,1-2H3. The zero-order chi connectivity index (χ0) is 14.8. The van der Waals surface area contributed by atoms with Crippen LogP contribution >= 0.6 is 11.6 Å². The van der Waals surface area contributed by atoms with Crippen LogP contribution in [0.5, 0.6) is 5.75 Å². The molecule has 0 aliphatic rings. The first-order valence-electron chi connectivity index (χ1n) is 7.14. The molecule has 0 saturated heterocycles. The minimum Gasteiger partial charge on any atom is -0.489 e. The van der Waals surface area contributed by atoms with E-state index >= 15 is 0 Å². The van der Waals surface area contributed by atoms with Crippen molar-refractivity contribution in [2.75, 3.05) is 0 Å². The second-order valence-electron chi connectivity index (χ2n) is 5.21. The number of nitrogens with zero attached hydrogens (tertiary/aromatic N) is 1. The fourth-order valence-corrected chi connectivity index (χ4v) is 2.76. The van der Waals surface area contributed by atoms with E-state index in [0.717, 1.165) is 28.3 Å². The van der Waals surface area contributed by atoms with Crippen molar-refractivity contribution in [1.82, 2.24) is 4.57 Å². The Morgan fingerprint density at radius 1 is 1.14 bits per heavy atom. The number of hydrogen-bond acceptors (Lipinski definition) is 1. The van der Waals surface area contributed by atoms with Crippen LogP contribution in [0.2, 0.25) is 5.02 Å². The van der Waals surface area contributed by atoms with E-state index in [9.17, 15) is 0 Å². The first kappa shape index (κ1) is 14.0. The summed E-state index contributed by atoms with van der Waals surface area (Å²) in [5, 5.41) is 1.92. The molecule has 0 saturated carbocycles. The molecule has 0 atom stereocenters. The zero-order valence-corrected chi connectivity index (χ0v) is 13.0. The quantitative estimate of drug-likeness (QED) is 0.645. The van der Waals surface area contributed by atoms with E-state index in [0.29, 0.717) is 6.61 Å². The van der Waals surface area contributed by atoms with Gasteiger partial charge in [0.15, 0.2) is 0 Å². The maximum absolute atomic E-state index is 6.13. The molecule has 0 aliphatic carbocycles. The van der Waals surface area contributed by atoms with Gasteiger partial charge < -0.3 is 9.30 Å². The first-order valence-corrected chi connectivity index (χ1v) is 7.52. The van der Waals surface area contributed by atoms with Crippen molar-refractivity contribution >= 4 is 22.5 Å². The molecule has 2 nitrogen and oxygen atoms in total. The second-order valence-corrected chi connectivity index (χ2v) is 5.64. The van der Waals surface area contributed by atoms with Crippen molar-refractivity contribution in [3.63, 3.8) is 0 Å². The molecule has 0 radical (unpaired) electrons. The van der Waals surface area contributed by atoms with Crippen molar-refractivity contribution in [3.05, 3.63) is 64.8 Å². The number of ether oxygens (including phenoxy) is 1. The molecule has 0 aliphatic heterocycles. The minimum atomic E-state index is 0.549. The van der Waals surface area contributed by atoms with E-state index in [2.05, 4.69) is 36.7 Å². The summed E-state index contributed by atoms with van der Waals surface area (Å²) in [5.74, 6) is 0.898. The molecule has 0 amide bonds. The van der Waals surface area contributed by atoms with Gasteiger partial charge in [0.05, 0.1) is 0 Å². The van der Waals surface area contributed by atoms with Crippen LogP contribution in [0, 0.1) is 6.92 Å². The summed E-state index contributed by atoms with van der Waals surface area (Å²) in [4.78, 5) is 0. The zero-order valence-electron chi connectivity index (χ0n) is 12.3. The molecule has 0 N–H and O–H groups in total. The number of hydrogen-bond donors (Lipinski definition) is 0. The highest BCUT2D eigenvalue weighted by molar-refractivity contribution is 6.31. The van der Waals surface area contributed by atoms with Gasteiger partial charge in [0.25, 0.3) is 0 Å². The Labute approximate surface area is 129 Å². The first-order chi connectivity index (χ1) is 10.2. The van der Waals surface area contributed by atoms with Crippen molar-refractivity contribution in [3.8, 4) is 5.75 Å². The summed E-state index contributed by atoms with van der Waals surface area (Å²) in [7, 11) is 0. The lowest BCUT2D eigenvalue weighted by Gasteiger charge is -2.06. The molecule has 0 unspecified atom stereocenters. The third kappa shape index (κ3) is 2.91. The molecule has 1 aromatic heterocycles. The van der Waals surface area contributed by atoms with Crippen molar-refractivity contribution in [2.24, 2.45) is 0 Å². The lowest BCUT2D eigenvalue weighted by Crippen LogP contribution is -1.95. The molecular formula is C18H18ClNO. The van der Waals surface area contributed by atoms with Gasteiger partial charge in [-0.2, -0.15) is 0 Å². The lowest BCUT2D eigenvalue weighted by atomic mass is 10.2. The Hall–Kier alpha value is -1.93. The Morgan fingerprint density at radius 2 is 2.00 bits per heavy atom. The molecular weight excluding hydrogens is 282 g/mol. The Balaban J connectivity index is 1.91. The highest BCUT2D eigenvalue weighted by Gasteiger charge is 2.09. The third-order valence-electron chi connectivity index (χ3n) is 3.65. The van der Waals surface area contributed by atoms with Crippen LogP contribution < -0.4 is 4.74 Å². The van der Waals surface area contributed by atoms with Crippen molar-refractivity contribution in [1.29, 1.82) is 0 Å². The van der Waals surface area contributed by atoms with Gasteiger partial charge in [-0.1, -0.05) is 23.7 Å². The normalized spacial score (nSPS) is 11.0. The molecule has 2 aromatic carbocycles. The van der Waals surface area contributed by atoms with E-state index < -0.39 is 0 Å². The predicted octanol–water partition coefficient (Wildman–Crippen LogP) is 5.20. The van der Waals surface area contributed by atoms with Gasteiger partial charge in [0, 0.05) is 34.2 Å². The van der Waals surface area contributed by atoms with Gasteiger partial charge >= 0.3 is 0 Å². The Morgan fingerprint density at radius 3 is 2.76 bits per heavy atom. The molecule has 3 rings (SSSR count). The number of halogens is 1. The smallest absolute Gasteiger partial charge is 0.120 e. The van der Waals surface area contributed by atoms with Crippen molar-refractivity contribution in [2.45, 2.75) is 27.0 Å². The lowest BCUT2D eigenvalue weighted by molar-refractivity contribution is 0.307. The van der Waals surface area contributed by atoms with Crippen LogP contribution in [0.4, 0.5) is 0 Å². The predicted molar refractivity (Wildman–Crippen MR) is 88.1 cm³/mol. The third-order valence-corrected chi connectivity index (χ3v) is 3.89. The number of fused-ring (bicyclic) bond motifs is 1. The van der Waals surface area contributed by atoms with Crippen LogP contribution in [0.25, 0.3) is 10.9 Å². The van der Waals surface area contributed by atoms with Crippen LogP contribution in [0.1, 0.15) is 18.1 Å². The van der Waals surface area contributed by atoms with Crippen LogP contribution in [-0.2, 0) is 13.2 Å². The summed E-state index contributed by atoms with van der Waals surface area (Å²) in [6.45, 7) is 5.69. The van der Waals surface area contributed by atoms with Gasteiger partial charge in [-0.15, -0.1) is 0 Å². The van der Waals surface area contributed by atoms with Gasteiger partial charge in [-0.05, 0) is 49.7 Å². The van der Waals surface area contributed by atoms with Crippen LogP contribution in [0.3, 0.4) is 0 Å². The Bertz CT molecular complexity index is 776.